The lowest BCUT2D eigenvalue weighted by Crippen LogP contribution is -2.48. The van der Waals surface area contributed by atoms with Crippen LogP contribution in [0.4, 0.5) is 17.1 Å². The van der Waals surface area contributed by atoms with Crippen LogP contribution < -0.4 is 15.0 Å². The van der Waals surface area contributed by atoms with E-state index in [1.807, 2.05) is 18.7 Å². The molecular formula is C30H45N5O4. The van der Waals surface area contributed by atoms with Crippen LogP contribution >= 0.6 is 0 Å². The fourth-order valence-corrected chi connectivity index (χ4v) is 5.03. The number of rotatable bonds is 10. The molecule has 4 rings (SSSR count). The SMILES string of the molecule is C.Cc1ccc(N2CCN(CCC(=O)N3CCC(Nc4ccc([N+](=O)[O-])c(OCC(C)C)c4)CC3)CC2)cc1. The van der Waals surface area contributed by atoms with E-state index < -0.39 is 4.92 Å². The van der Waals surface area contributed by atoms with Gasteiger partial charge in [0.15, 0.2) is 5.75 Å². The summed E-state index contributed by atoms with van der Waals surface area (Å²) in [5, 5.41) is 14.9. The molecule has 9 heteroatoms. The minimum absolute atomic E-state index is 0. The van der Waals surface area contributed by atoms with Gasteiger partial charge in [-0.3, -0.25) is 19.8 Å². The lowest BCUT2D eigenvalue weighted by atomic mass is 10.0. The van der Waals surface area contributed by atoms with Gasteiger partial charge >= 0.3 is 5.69 Å². The molecule has 2 aliphatic rings. The fraction of sp³-hybridized carbons (Fsp3) is 0.567. The van der Waals surface area contributed by atoms with Crippen LogP contribution in [0, 0.1) is 23.0 Å². The summed E-state index contributed by atoms with van der Waals surface area (Å²) in [6.45, 7) is 12.7. The second-order valence-electron chi connectivity index (χ2n) is 10.9. The van der Waals surface area contributed by atoms with E-state index in [0.717, 1.165) is 64.3 Å². The fourth-order valence-electron chi connectivity index (χ4n) is 5.03. The van der Waals surface area contributed by atoms with Crippen molar-refractivity contribution in [3.8, 4) is 5.75 Å². The number of ether oxygens (including phenoxy) is 1. The van der Waals surface area contributed by atoms with Crippen LogP contribution in [0.2, 0.25) is 0 Å². The maximum Gasteiger partial charge on any atom is 0.311 e. The van der Waals surface area contributed by atoms with Crippen molar-refractivity contribution in [3.63, 3.8) is 0 Å². The van der Waals surface area contributed by atoms with Crippen molar-refractivity contribution >= 4 is 23.0 Å². The summed E-state index contributed by atoms with van der Waals surface area (Å²) in [6, 6.07) is 13.9. The molecule has 0 atom stereocenters. The second kappa shape index (κ2) is 14.2. The summed E-state index contributed by atoms with van der Waals surface area (Å²) >= 11 is 0. The van der Waals surface area contributed by atoms with Crippen molar-refractivity contribution < 1.29 is 14.5 Å². The number of piperazine rings is 1. The molecule has 0 radical (unpaired) electrons. The zero-order valence-electron chi connectivity index (χ0n) is 22.9. The highest BCUT2D eigenvalue weighted by atomic mass is 16.6. The van der Waals surface area contributed by atoms with Gasteiger partial charge in [-0.15, -0.1) is 0 Å². The topological polar surface area (TPSA) is 91.2 Å². The Kier molecular flexibility index (Phi) is 11.0. The van der Waals surface area contributed by atoms with Gasteiger partial charge in [0, 0.05) is 81.8 Å². The highest BCUT2D eigenvalue weighted by Gasteiger charge is 2.25. The summed E-state index contributed by atoms with van der Waals surface area (Å²) in [6.07, 6.45) is 2.25. The number of anilines is 2. The van der Waals surface area contributed by atoms with Crippen LogP contribution in [0.1, 0.15) is 46.1 Å². The first-order valence-corrected chi connectivity index (χ1v) is 13.8. The number of nitrogens with one attached hydrogen (secondary N) is 1. The van der Waals surface area contributed by atoms with Gasteiger partial charge in [-0.05, 0) is 43.9 Å². The first-order chi connectivity index (χ1) is 18.3. The number of hydrogen-bond acceptors (Lipinski definition) is 7. The lowest BCUT2D eigenvalue weighted by Gasteiger charge is -2.37. The number of hydrogen-bond donors (Lipinski definition) is 1. The quantitative estimate of drug-likeness (QED) is 0.328. The van der Waals surface area contributed by atoms with E-state index in [9.17, 15) is 14.9 Å². The first-order valence-electron chi connectivity index (χ1n) is 13.8. The standard InChI is InChI=1S/C29H41N5O4.CH4/c1-22(2)21-38-28-20-25(6-9-27(28)34(36)37)30-24-10-14-33(15-11-24)29(35)12-13-31-16-18-32(19-17-31)26-7-4-23(3)5-8-26;/h4-9,20,22,24,30H,10-19,21H2,1-3H3;1H4. The number of carbonyl (C=O) groups is 1. The Morgan fingerprint density at radius 3 is 2.33 bits per heavy atom. The largest absolute Gasteiger partial charge is 0.486 e. The van der Waals surface area contributed by atoms with Gasteiger partial charge in [-0.25, -0.2) is 0 Å². The Balaban J connectivity index is 0.00000420. The minimum atomic E-state index is -0.409. The Labute approximate surface area is 233 Å². The van der Waals surface area contributed by atoms with Gasteiger partial charge in [0.1, 0.15) is 0 Å². The Morgan fingerprint density at radius 2 is 1.72 bits per heavy atom. The molecule has 0 saturated carbocycles. The number of amides is 1. The van der Waals surface area contributed by atoms with Crippen LogP contribution in [0.3, 0.4) is 0 Å². The van der Waals surface area contributed by atoms with Crippen LogP contribution in [0.5, 0.6) is 5.75 Å². The summed E-state index contributed by atoms with van der Waals surface area (Å²) < 4.78 is 5.71. The minimum Gasteiger partial charge on any atom is -0.486 e. The number of benzene rings is 2. The van der Waals surface area contributed by atoms with Gasteiger partial charge in [-0.2, -0.15) is 0 Å². The summed E-state index contributed by atoms with van der Waals surface area (Å²) in [7, 11) is 0. The molecule has 9 nitrogen and oxygen atoms in total. The molecule has 1 N–H and O–H groups in total. The van der Waals surface area contributed by atoms with Crippen molar-refractivity contribution in [2.24, 2.45) is 5.92 Å². The number of carbonyl (C=O) groups excluding carboxylic acids is 1. The summed E-state index contributed by atoms with van der Waals surface area (Å²) in [5.41, 5.74) is 3.34. The predicted molar refractivity (Wildman–Crippen MR) is 158 cm³/mol. The van der Waals surface area contributed by atoms with Crippen LogP contribution in [-0.2, 0) is 4.79 Å². The second-order valence-corrected chi connectivity index (χ2v) is 10.9. The third-order valence-corrected chi connectivity index (χ3v) is 7.36. The Hall–Kier alpha value is -3.33. The van der Waals surface area contributed by atoms with Gasteiger partial charge in [-0.1, -0.05) is 39.0 Å². The molecule has 2 aromatic carbocycles. The smallest absolute Gasteiger partial charge is 0.311 e. The molecule has 0 aliphatic carbocycles. The molecule has 2 saturated heterocycles. The van der Waals surface area contributed by atoms with E-state index in [-0.39, 0.29) is 31.0 Å². The molecule has 2 heterocycles. The molecule has 214 valence electrons. The first kappa shape index (κ1) is 30.2. The molecule has 2 aromatic rings. The molecular weight excluding hydrogens is 494 g/mol. The Bertz CT molecular complexity index is 1080. The average Bonchev–Trinajstić information content (AvgIpc) is 2.91. The maximum absolute atomic E-state index is 12.9. The van der Waals surface area contributed by atoms with Crippen LogP contribution in [0.15, 0.2) is 42.5 Å². The molecule has 0 bridgehead atoms. The molecule has 0 aromatic heterocycles. The van der Waals surface area contributed by atoms with E-state index in [1.165, 1.54) is 17.3 Å². The van der Waals surface area contributed by atoms with Gasteiger partial charge in [0.05, 0.1) is 11.5 Å². The van der Waals surface area contributed by atoms with Crippen molar-refractivity contribution in [2.75, 3.05) is 62.6 Å². The van der Waals surface area contributed by atoms with Gasteiger partial charge < -0.3 is 19.9 Å². The van der Waals surface area contributed by atoms with E-state index in [4.69, 9.17) is 4.74 Å². The highest BCUT2D eigenvalue weighted by Crippen LogP contribution is 2.31. The Morgan fingerprint density at radius 1 is 1.05 bits per heavy atom. The average molecular weight is 540 g/mol. The molecule has 0 unspecified atom stereocenters. The normalized spacial score (nSPS) is 16.6. The molecule has 1 amide bonds. The number of aryl methyl sites for hydroxylation is 1. The summed E-state index contributed by atoms with van der Waals surface area (Å²) in [4.78, 5) is 30.6. The van der Waals surface area contributed by atoms with Crippen molar-refractivity contribution in [1.29, 1.82) is 0 Å². The van der Waals surface area contributed by atoms with E-state index >= 15 is 0 Å². The third kappa shape index (κ3) is 8.58. The number of nitrogens with zero attached hydrogens (tertiary/aromatic N) is 4. The number of likely N-dealkylation sites (tertiary alicyclic amines) is 1. The van der Waals surface area contributed by atoms with Crippen molar-refractivity contribution in [2.45, 2.75) is 53.5 Å². The zero-order valence-corrected chi connectivity index (χ0v) is 22.9. The van der Waals surface area contributed by atoms with E-state index in [0.29, 0.717) is 18.8 Å². The summed E-state index contributed by atoms with van der Waals surface area (Å²) in [5.74, 6) is 0.793. The maximum atomic E-state index is 12.9. The molecule has 2 fully saturated rings. The van der Waals surface area contributed by atoms with Gasteiger partial charge in [0.2, 0.25) is 5.91 Å². The highest BCUT2D eigenvalue weighted by molar-refractivity contribution is 5.76. The van der Waals surface area contributed by atoms with E-state index in [1.54, 1.807) is 12.1 Å². The molecule has 0 spiro atoms. The third-order valence-electron chi connectivity index (χ3n) is 7.36. The van der Waals surface area contributed by atoms with Crippen LogP contribution in [-0.4, -0.2) is 79.1 Å². The van der Waals surface area contributed by atoms with Crippen molar-refractivity contribution in [3.05, 3.63) is 58.1 Å². The molecule has 39 heavy (non-hydrogen) atoms. The molecule has 2 aliphatic heterocycles. The van der Waals surface area contributed by atoms with Gasteiger partial charge in [0.25, 0.3) is 0 Å². The number of nitro groups is 1. The predicted octanol–water partition coefficient (Wildman–Crippen LogP) is 5.19. The zero-order chi connectivity index (χ0) is 27.1. The lowest BCUT2D eigenvalue weighted by molar-refractivity contribution is -0.385. The van der Waals surface area contributed by atoms with E-state index in [2.05, 4.69) is 46.3 Å². The number of nitro benzene ring substituents is 1. The monoisotopic (exact) mass is 539 g/mol. The van der Waals surface area contributed by atoms with Crippen molar-refractivity contribution in [1.82, 2.24) is 9.80 Å². The number of piperidine rings is 1. The van der Waals surface area contributed by atoms with Crippen LogP contribution in [0.25, 0.3) is 0 Å².